The number of carbonyl (C=O) groups is 1. The van der Waals surface area contributed by atoms with Crippen molar-refractivity contribution < 1.29 is 14.3 Å². The summed E-state index contributed by atoms with van der Waals surface area (Å²) >= 11 is 0. The molecule has 1 amide bonds. The first-order valence-electron chi connectivity index (χ1n) is 8.10. The van der Waals surface area contributed by atoms with Gasteiger partial charge in [-0.25, -0.2) is 0 Å². The molecule has 1 aromatic rings. The summed E-state index contributed by atoms with van der Waals surface area (Å²) in [5.74, 6) is 0.487. The Kier molecular flexibility index (Phi) is 8.99. The minimum atomic E-state index is -0.486. The maximum Gasteiger partial charge on any atom is 0.241 e. The third-order valence-corrected chi connectivity index (χ3v) is 3.78. The van der Waals surface area contributed by atoms with Gasteiger partial charge in [-0.1, -0.05) is 25.5 Å². The van der Waals surface area contributed by atoms with Gasteiger partial charge in [0, 0.05) is 6.61 Å². The standard InChI is InChI=1S/C17H26N2O3.ClH/c1-2-7-14(18)17(20)19-15-9-3-4-10-16(15)22-12-13-8-5-6-11-21-13;/h3-4,9-10,13-14H,2,5-8,11-12,18H2,1H3,(H,19,20);1H. The van der Waals surface area contributed by atoms with Gasteiger partial charge < -0.3 is 20.5 Å². The Balaban J connectivity index is 0.00000264. The zero-order valence-electron chi connectivity index (χ0n) is 13.6. The Hall–Kier alpha value is -1.30. The predicted molar refractivity (Wildman–Crippen MR) is 94.3 cm³/mol. The zero-order valence-corrected chi connectivity index (χ0v) is 14.4. The summed E-state index contributed by atoms with van der Waals surface area (Å²) in [7, 11) is 0. The van der Waals surface area contributed by atoms with Crippen molar-refractivity contribution in [3.63, 3.8) is 0 Å². The lowest BCUT2D eigenvalue weighted by Gasteiger charge is -2.23. The molecule has 2 unspecified atom stereocenters. The highest BCUT2D eigenvalue weighted by Crippen LogP contribution is 2.25. The molecule has 5 nitrogen and oxygen atoms in total. The van der Waals surface area contributed by atoms with Gasteiger partial charge in [-0.05, 0) is 37.8 Å². The summed E-state index contributed by atoms with van der Waals surface area (Å²) in [5.41, 5.74) is 6.51. The van der Waals surface area contributed by atoms with Crippen molar-refractivity contribution in [3.8, 4) is 5.75 Å². The monoisotopic (exact) mass is 342 g/mol. The summed E-state index contributed by atoms with van der Waals surface area (Å²) in [4.78, 5) is 12.0. The topological polar surface area (TPSA) is 73.6 Å². The van der Waals surface area contributed by atoms with Crippen molar-refractivity contribution in [1.29, 1.82) is 0 Å². The van der Waals surface area contributed by atoms with Crippen LogP contribution in [0.5, 0.6) is 5.75 Å². The molecule has 1 heterocycles. The molecule has 6 heteroatoms. The van der Waals surface area contributed by atoms with Gasteiger partial charge in [-0.15, -0.1) is 12.4 Å². The molecule has 130 valence electrons. The Morgan fingerprint density at radius 3 is 2.91 bits per heavy atom. The number of amides is 1. The summed E-state index contributed by atoms with van der Waals surface area (Å²) in [6.07, 6.45) is 5.02. The molecule has 2 rings (SSSR count). The maximum atomic E-state index is 12.0. The van der Waals surface area contributed by atoms with Crippen molar-refractivity contribution in [1.82, 2.24) is 0 Å². The second-order valence-electron chi connectivity index (χ2n) is 5.68. The fourth-order valence-electron chi connectivity index (χ4n) is 2.48. The van der Waals surface area contributed by atoms with E-state index >= 15 is 0 Å². The Labute approximate surface area is 144 Å². The van der Waals surface area contributed by atoms with E-state index in [1.807, 2.05) is 31.2 Å². The lowest BCUT2D eigenvalue weighted by atomic mass is 10.1. The molecule has 1 aromatic carbocycles. The van der Waals surface area contributed by atoms with Gasteiger partial charge in [0.1, 0.15) is 12.4 Å². The highest BCUT2D eigenvalue weighted by molar-refractivity contribution is 5.95. The number of ether oxygens (including phenoxy) is 2. The molecular weight excluding hydrogens is 316 g/mol. The molecule has 0 bridgehead atoms. The maximum absolute atomic E-state index is 12.0. The Bertz CT molecular complexity index is 479. The number of anilines is 1. The third kappa shape index (κ3) is 6.37. The molecule has 1 saturated heterocycles. The SMILES string of the molecule is CCCC(N)C(=O)Nc1ccccc1OCC1CCCCO1.Cl. The van der Waals surface area contributed by atoms with E-state index in [-0.39, 0.29) is 24.4 Å². The van der Waals surface area contributed by atoms with Crippen LogP contribution < -0.4 is 15.8 Å². The number of halogens is 1. The van der Waals surface area contributed by atoms with E-state index in [1.54, 1.807) is 0 Å². The second-order valence-corrected chi connectivity index (χ2v) is 5.68. The van der Waals surface area contributed by atoms with Gasteiger partial charge in [-0.3, -0.25) is 4.79 Å². The molecule has 3 N–H and O–H groups in total. The second kappa shape index (κ2) is 10.5. The van der Waals surface area contributed by atoms with Crippen molar-refractivity contribution >= 4 is 24.0 Å². The van der Waals surface area contributed by atoms with E-state index in [0.29, 0.717) is 24.5 Å². The van der Waals surface area contributed by atoms with Crippen LogP contribution in [0.2, 0.25) is 0 Å². The number of nitrogens with two attached hydrogens (primary N) is 1. The lowest BCUT2D eigenvalue weighted by Crippen LogP contribution is -2.35. The molecule has 0 aliphatic carbocycles. The Morgan fingerprint density at radius 1 is 1.43 bits per heavy atom. The van der Waals surface area contributed by atoms with Crippen LogP contribution in [-0.2, 0) is 9.53 Å². The van der Waals surface area contributed by atoms with E-state index in [0.717, 1.165) is 25.9 Å². The van der Waals surface area contributed by atoms with Crippen molar-refractivity contribution in [2.75, 3.05) is 18.5 Å². The number of rotatable bonds is 7. The van der Waals surface area contributed by atoms with Crippen LogP contribution in [0.4, 0.5) is 5.69 Å². The molecule has 0 radical (unpaired) electrons. The highest BCUT2D eigenvalue weighted by atomic mass is 35.5. The molecule has 2 atom stereocenters. The minimum absolute atomic E-state index is 0. The first-order chi connectivity index (χ1) is 10.7. The van der Waals surface area contributed by atoms with Gasteiger partial charge in [0.05, 0.1) is 17.8 Å². The molecule has 0 saturated carbocycles. The minimum Gasteiger partial charge on any atom is -0.489 e. The highest BCUT2D eigenvalue weighted by Gasteiger charge is 2.17. The first kappa shape index (κ1) is 19.7. The molecule has 1 aliphatic rings. The van der Waals surface area contributed by atoms with E-state index in [2.05, 4.69) is 5.32 Å². The number of nitrogens with one attached hydrogen (secondary N) is 1. The van der Waals surface area contributed by atoms with Crippen LogP contribution in [0, 0.1) is 0 Å². The van der Waals surface area contributed by atoms with E-state index in [9.17, 15) is 4.79 Å². The summed E-state index contributed by atoms with van der Waals surface area (Å²) in [5, 5.41) is 2.85. The van der Waals surface area contributed by atoms with Crippen LogP contribution in [-0.4, -0.2) is 31.3 Å². The van der Waals surface area contributed by atoms with E-state index in [1.165, 1.54) is 6.42 Å². The van der Waals surface area contributed by atoms with Crippen molar-refractivity contribution in [2.24, 2.45) is 5.73 Å². The number of para-hydroxylation sites is 2. The number of hydrogen-bond acceptors (Lipinski definition) is 4. The zero-order chi connectivity index (χ0) is 15.8. The first-order valence-corrected chi connectivity index (χ1v) is 8.10. The average molecular weight is 343 g/mol. The van der Waals surface area contributed by atoms with Gasteiger partial charge >= 0.3 is 0 Å². The summed E-state index contributed by atoms with van der Waals surface area (Å²) in [6, 6.07) is 6.95. The average Bonchev–Trinajstić information content (AvgIpc) is 2.55. The number of benzene rings is 1. The van der Waals surface area contributed by atoms with Crippen LogP contribution in [0.15, 0.2) is 24.3 Å². The largest absolute Gasteiger partial charge is 0.489 e. The van der Waals surface area contributed by atoms with Crippen LogP contribution in [0.1, 0.15) is 39.0 Å². The van der Waals surface area contributed by atoms with Gasteiger partial charge in [-0.2, -0.15) is 0 Å². The van der Waals surface area contributed by atoms with E-state index in [4.69, 9.17) is 15.2 Å². The van der Waals surface area contributed by atoms with E-state index < -0.39 is 6.04 Å². The molecular formula is C17H27ClN2O3. The van der Waals surface area contributed by atoms with Crippen LogP contribution >= 0.6 is 12.4 Å². The third-order valence-electron chi connectivity index (χ3n) is 3.78. The van der Waals surface area contributed by atoms with Crippen molar-refractivity contribution in [3.05, 3.63) is 24.3 Å². The normalized spacial score (nSPS) is 18.6. The predicted octanol–water partition coefficient (Wildman–Crippen LogP) is 3.12. The number of hydrogen-bond donors (Lipinski definition) is 2. The van der Waals surface area contributed by atoms with Crippen LogP contribution in [0.3, 0.4) is 0 Å². The van der Waals surface area contributed by atoms with Gasteiger partial charge in [0.25, 0.3) is 0 Å². The summed E-state index contributed by atoms with van der Waals surface area (Å²) < 4.78 is 11.5. The fourth-order valence-corrected chi connectivity index (χ4v) is 2.48. The quantitative estimate of drug-likeness (QED) is 0.798. The molecule has 1 aliphatic heterocycles. The van der Waals surface area contributed by atoms with Crippen LogP contribution in [0.25, 0.3) is 0 Å². The molecule has 0 aromatic heterocycles. The lowest BCUT2D eigenvalue weighted by molar-refractivity contribution is -0.117. The molecule has 23 heavy (non-hydrogen) atoms. The summed E-state index contributed by atoms with van der Waals surface area (Å²) in [6.45, 7) is 3.32. The smallest absolute Gasteiger partial charge is 0.241 e. The van der Waals surface area contributed by atoms with Gasteiger partial charge in [0.2, 0.25) is 5.91 Å². The molecule has 1 fully saturated rings. The fraction of sp³-hybridized carbons (Fsp3) is 0.588. The van der Waals surface area contributed by atoms with Crippen molar-refractivity contribution in [2.45, 2.75) is 51.2 Å². The number of carbonyl (C=O) groups excluding carboxylic acids is 1. The molecule has 0 spiro atoms. The Morgan fingerprint density at radius 2 is 2.22 bits per heavy atom. The van der Waals surface area contributed by atoms with Gasteiger partial charge in [0.15, 0.2) is 0 Å².